The number of benzene rings is 2. The number of hydrogen-bond acceptors (Lipinski definition) is 9. The Morgan fingerprint density at radius 1 is 1.14 bits per heavy atom. The molecule has 0 aliphatic carbocycles. The highest BCUT2D eigenvalue weighted by Crippen LogP contribution is 2.35. The highest BCUT2D eigenvalue weighted by Gasteiger charge is 2.24. The smallest absolute Gasteiger partial charge is 0.266 e. The summed E-state index contributed by atoms with van der Waals surface area (Å²) in [5, 5.41) is 11.3. The summed E-state index contributed by atoms with van der Waals surface area (Å²) in [4.78, 5) is 11.3. The Hall–Kier alpha value is -4.10. The molecule has 184 valence electrons. The summed E-state index contributed by atoms with van der Waals surface area (Å²) in [6.45, 7) is 0.610. The van der Waals surface area contributed by atoms with Gasteiger partial charge in [-0.3, -0.25) is 14.2 Å². The van der Waals surface area contributed by atoms with E-state index in [1.54, 1.807) is 47.4 Å². The third kappa shape index (κ3) is 5.20. The first-order chi connectivity index (χ1) is 16.8. The molecule has 2 heterocycles. The van der Waals surface area contributed by atoms with Gasteiger partial charge in [0.2, 0.25) is 5.91 Å². The SMILES string of the molecule is COc1ccccc1S(=O)(=O)Nc1noc2cc(Cn3cc(CNC(=O)CN)cn3)cc(OC)c12. The van der Waals surface area contributed by atoms with Crippen LogP contribution < -0.4 is 25.2 Å². The Balaban J connectivity index is 1.59. The van der Waals surface area contributed by atoms with Crippen LogP contribution >= 0.6 is 0 Å². The van der Waals surface area contributed by atoms with Gasteiger partial charge in [0.25, 0.3) is 10.0 Å². The van der Waals surface area contributed by atoms with E-state index in [-0.39, 0.29) is 28.9 Å². The van der Waals surface area contributed by atoms with Crippen molar-refractivity contribution in [1.29, 1.82) is 0 Å². The maximum atomic E-state index is 13.0. The van der Waals surface area contributed by atoms with E-state index in [1.165, 1.54) is 20.3 Å². The number of sulfonamides is 1. The Morgan fingerprint density at radius 2 is 1.91 bits per heavy atom. The molecule has 0 aliphatic rings. The van der Waals surface area contributed by atoms with Crippen LogP contribution in [0, 0.1) is 0 Å². The number of nitrogens with one attached hydrogen (secondary N) is 2. The maximum Gasteiger partial charge on any atom is 0.266 e. The number of carbonyl (C=O) groups is 1. The second kappa shape index (κ2) is 10.0. The van der Waals surface area contributed by atoms with Gasteiger partial charge < -0.3 is 25.0 Å². The molecular weight excluding hydrogens is 476 g/mol. The van der Waals surface area contributed by atoms with E-state index in [0.717, 1.165) is 11.1 Å². The van der Waals surface area contributed by atoms with E-state index >= 15 is 0 Å². The number of ether oxygens (including phenoxy) is 2. The molecule has 35 heavy (non-hydrogen) atoms. The third-order valence-electron chi connectivity index (χ3n) is 5.11. The van der Waals surface area contributed by atoms with E-state index in [1.807, 2.05) is 0 Å². The van der Waals surface area contributed by atoms with Gasteiger partial charge in [0, 0.05) is 18.3 Å². The van der Waals surface area contributed by atoms with E-state index in [2.05, 4.69) is 20.3 Å². The second-order valence-electron chi connectivity index (χ2n) is 7.49. The van der Waals surface area contributed by atoms with Crippen molar-refractivity contribution in [2.75, 3.05) is 25.5 Å². The number of fused-ring (bicyclic) bond motifs is 1. The molecule has 4 rings (SSSR count). The molecule has 1 amide bonds. The average molecular weight is 501 g/mol. The zero-order valence-corrected chi connectivity index (χ0v) is 19.8. The van der Waals surface area contributed by atoms with Crippen LogP contribution in [0.3, 0.4) is 0 Å². The standard InChI is InChI=1S/C22H24N6O6S/c1-32-16-5-3-4-6-19(16)35(30,31)27-22-21-17(33-2)7-14(8-18(21)34-26-22)12-28-13-15(11-25-28)10-24-20(29)9-23/h3-8,11,13H,9-10,12,23H2,1-2H3,(H,24,29)(H,26,27). The van der Waals surface area contributed by atoms with E-state index in [0.29, 0.717) is 29.8 Å². The molecule has 12 nitrogen and oxygen atoms in total. The molecule has 0 radical (unpaired) electrons. The zero-order valence-electron chi connectivity index (χ0n) is 19.0. The fourth-order valence-electron chi connectivity index (χ4n) is 3.48. The first-order valence-electron chi connectivity index (χ1n) is 10.4. The van der Waals surface area contributed by atoms with Crippen LogP contribution in [0.25, 0.3) is 11.0 Å². The molecule has 13 heteroatoms. The van der Waals surface area contributed by atoms with Crippen LogP contribution in [0.15, 0.2) is 58.2 Å². The number of para-hydroxylation sites is 1. The molecule has 0 unspecified atom stereocenters. The van der Waals surface area contributed by atoms with Crippen molar-refractivity contribution in [1.82, 2.24) is 20.3 Å². The summed E-state index contributed by atoms with van der Waals surface area (Å²) in [5.74, 6) is 0.309. The Kier molecular flexibility index (Phi) is 6.89. The van der Waals surface area contributed by atoms with E-state index in [4.69, 9.17) is 19.7 Å². The first-order valence-corrected chi connectivity index (χ1v) is 11.9. The fraction of sp³-hybridized carbons (Fsp3) is 0.227. The number of nitrogens with zero attached hydrogens (tertiary/aromatic N) is 3. The molecule has 0 spiro atoms. The predicted molar refractivity (Wildman–Crippen MR) is 127 cm³/mol. The summed E-state index contributed by atoms with van der Waals surface area (Å²) in [7, 11) is -1.16. The first kappa shape index (κ1) is 24.0. The fourth-order valence-corrected chi connectivity index (χ4v) is 4.66. The van der Waals surface area contributed by atoms with Crippen LogP contribution in [-0.2, 0) is 27.9 Å². The molecule has 2 aromatic heterocycles. The normalized spacial score (nSPS) is 11.4. The average Bonchev–Trinajstić information content (AvgIpc) is 3.48. The van der Waals surface area contributed by atoms with Crippen molar-refractivity contribution in [3.63, 3.8) is 0 Å². The van der Waals surface area contributed by atoms with Crippen molar-refractivity contribution in [2.24, 2.45) is 5.73 Å². The lowest BCUT2D eigenvalue weighted by Gasteiger charge is -2.11. The quantitative estimate of drug-likeness (QED) is 0.292. The monoisotopic (exact) mass is 500 g/mol. The molecule has 0 atom stereocenters. The van der Waals surface area contributed by atoms with Gasteiger partial charge in [0.15, 0.2) is 11.4 Å². The van der Waals surface area contributed by atoms with Gasteiger partial charge >= 0.3 is 0 Å². The van der Waals surface area contributed by atoms with Gasteiger partial charge in [-0.2, -0.15) is 5.10 Å². The predicted octanol–water partition coefficient (Wildman–Crippen LogP) is 1.47. The number of carbonyl (C=O) groups excluding carboxylic acids is 1. The van der Waals surface area contributed by atoms with Crippen molar-refractivity contribution < 1.29 is 27.2 Å². The minimum atomic E-state index is -4.02. The number of nitrogens with two attached hydrogens (primary N) is 1. The number of methoxy groups -OCH3 is 2. The largest absolute Gasteiger partial charge is 0.496 e. The van der Waals surface area contributed by atoms with Gasteiger partial charge in [0.1, 0.15) is 21.8 Å². The number of anilines is 1. The van der Waals surface area contributed by atoms with Gasteiger partial charge in [-0.1, -0.05) is 17.3 Å². The Bertz CT molecular complexity index is 1460. The second-order valence-corrected chi connectivity index (χ2v) is 9.14. The summed E-state index contributed by atoms with van der Waals surface area (Å²) >= 11 is 0. The van der Waals surface area contributed by atoms with Crippen LogP contribution in [-0.4, -0.2) is 50.0 Å². The van der Waals surface area contributed by atoms with E-state index < -0.39 is 10.0 Å². The van der Waals surface area contributed by atoms with Crippen LogP contribution in [0.4, 0.5) is 5.82 Å². The molecular formula is C22H24N6O6S. The number of hydrogen-bond donors (Lipinski definition) is 3. The molecule has 4 aromatic rings. The lowest BCUT2D eigenvalue weighted by Crippen LogP contribution is -2.29. The van der Waals surface area contributed by atoms with Gasteiger partial charge in [0.05, 0.1) is 33.5 Å². The Morgan fingerprint density at radius 3 is 2.66 bits per heavy atom. The molecule has 4 N–H and O–H groups in total. The van der Waals surface area contributed by atoms with E-state index in [9.17, 15) is 13.2 Å². The number of aromatic nitrogens is 3. The van der Waals surface area contributed by atoms with Crippen LogP contribution in [0.2, 0.25) is 0 Å². The van der Waals surface area contributed by atoms with Crippen LogP contribution in [0.5, 0.6) is 11.5 Å². The van der Waals surface area contributed by atoms with Gasteiger partial charge in [-0.25, -0.2) is 8.42 Å². The minimum absolute atomic E-state index is 0.00803. The van der Waals surface area contributed by atoms with Crippen molar-refractivity contribution in [2.45, 2.75) is 18.0 Å². The number of rotatable bonds is 10. The molecule has 0 saturated carbocycles. The van der Waals surface area contributed by atoms with Crippen LogP contribution in [0.1, 0.15) is 11.1 Å². The molecule has 0 fully saturated rings. The molecule has 0 saturated heterocycles. The van der Waals surface area contributed by atoms with Gasteiger partial charge in [-0.05, 0) is 29.8 Å². The van der Waals surface area contributed by atoms with Gasteiger partial charge in [-0.15, -0.1) is 0 Å². The summed E-state index contributed by atoms with van der Waals surface area (Å²) in [6, 6.07) is 9.72. The maximum absolute atomic E-state index is 13.0. The summed E-state index contributed by atoms with van der Waals surface area (Å²) in [5.41, 5.74) is 7.22. The minimum Gasteiger partial charge on any atom is -0.496 e. The van der Waals surface area contributed by atoms with Crippen molar-refractivity contribution in [3.05, 3.63) is 59.9 Å². The van der Waals surface area contributed by atoms with Crippen molar-refractivity contribution in [3.8, 4) is 11.5 Å². The highest BCUT2D eigenvalue weighted by molar-refractivity contribution is 7.92. The highest BCUT2D eigenvalue weighted by atomic mass is 32.2. The third-order valence-corrected chi connectivity index (χ3v) is 6.49. The lowest BCUT2D eigenvalue weighted by atomic mass is 10.1. The molecule has 2 aromatic carbocycles. The topological polar surface area (TPSA) is 164 Å². The summed E-state index contributed by atoms with van der Waals surface area (Å²) in [6.07, 6.45) is 3.44. The Labute approximate surface area is 201 Å². The van der Waals surface area contributed by atoms with Crippen molar-refractivity contribution >= 4 is 32.7 Å². The number of amides is 1. The summed E-state index contributed by atoms with van der Waals surface area (Å²) < 4.78 is 46.2. The zero-order chi connectivity index (χ0) is 25.0. The molecule has 0 aliphatic heterocycles. The lowest BCUT2D eigenvalue weighted by molar-refractivity contribution is -0.119. The molecule has 0 bridgehead atoms.